The number of nitrogens with one attached hydrogen (secondary N) is 1. The Morgan fingerprint density at radius 2 is 2.22 bits per heavy atom. The molecule has 2 N–H and O–H groups in total. The standard InChI is InChI=1S/C12H16N2O4/c1-3-4-8(2)13-11-7-9(14(17)18)5-6-10(11)12(15)16/h5-8,13H,3-4H2,1-2H3,(H,15,16). The summed E-state index contributed by atoms with van der Waals surface area (Å²) >= 11 is 0. The summed E-state index contributed by atoms with van der Waals surface area (Å²) in [5.74, 6) is -1.10. The monoisotopic (exact) mass is 252 g/mol. The summed E-state index contributed by atoms with van der Waals surface area (Å²) in [6.07, 6.45) is 1.81. The summed E-state index contributed by atoms with van der Waals surface area (Å²) in [6.45, 7) is 3.93. The van der Waals surface area contributed by atoms with Crippen molar-refractivity contribution in [2.24, 2.45) is 0 Å². The number of aromatic carboxylic acids is 1. The molecule has 1 atom stereocenters. The van der Waals surface area contributed by atoms with Gasteiger partial charge in [-0.25, -0.2) is 4.79 Å². The van der Waals surface area contributed by atoms with Gasteiger partial charge in [0.2, 0.25) is 0 Å². The number of nitrogens with zero attached hydrogens (tertiary/aromatic N) is 1. The SMILES string of the molecule is CCCC(C)Nc1cc([N+](=O)[O-])ccc1C(=O)O. The molecule has 0 heterocycles. The van der Waals surface area contributed by atoms with E-state index in [1.54, 1.807) is 0 Å². The molecule has 0 saturated heterocycles. The smallest absolute Gasteiger partial charge is 0.337 e. The lowest BCUT2D eigenvalue weighted by molar-refractivity contribution is -0.384. The second-order valence-corrected chi connectivity index (χ2v) is 4.13. The molecular formula is C12H16N2O4. The van der Waals surface area contributed by atoms with Crippen LogP contribution >= 0.6 is 0 Å². The van der Waals surface area contributed by atoms with Crippen molar-refractivity contribution < 1.29 is 14.8 Å². The highest BCUT2D eigenvalue weighted by molar-refractivity contribution is 5.94. The maximum absolute atomic E-state index is 11.0. The quantitative estimate of drug-likeness (QED) is 0.599. The lowest BCUT2D eigenvalue weighted by Gasteiger charge is -2.15. The highest BCUT2D eigenvalue weighted by atomic mass is 16.6. The summed E-state index contributed by atoms with van der Waals surface area (Å²) < 4.78 is 0. The van der Waals surface area contributed by atoms with Crippen molar-refractivity contribution in [2.45, 2.75) is 32.7 Å². The molecule has 18 heavy (non-hydrogen) atoms. The second-order valence-electron chi connectivity index (χ2n) is 4.13. The van der Waals surface area contributed by atoms with Crippen LogP contribution in [0.4, 0.5) is 11.4 Å². The Hall–Kier alpha value is -2.11. The molecule has 1 unspecified atom stereocenters. The van der Waals surface area contributed by atoms with Crippen LogP contribution in [-0.2, 0) is 0 Å². The molecule has 0 bridgehead atoms. The van der Waals surface area contributed by atoms with Crippen LogP contribution in [0.15, 0.2) is 18.2 Å². The topological polar surface area (TPSA) is 92.5 Å². The van der Waals surface area contributed by atoms with Crippen LogP contribution in [0.3, 0.4) is 0 Å². The molecule has 0 saturated carbocycles. The number of carboxylic acid groups (broad SMARTS) is 1. The van der Waals surface area contributed by atoms with E-state index in [2.05, 4.69) is 5.32 Å². The fourth-order valence-electron chi connectivity index (χ4n) is 1.72. The minimum Gasteiger partial charge on any atom is -0.478 e. The number of hydrogen-bond donors (Lipinski definition) is 2. The van der Waals surface area contributed by atoms with Gasteiger partial charge in [-0.15, -0.1) is 0 Å². The summed E-state index contributed by atoms with van der Waals surface area (Å²) in [6, 6.07) is 3.77. The Morgan fingerprint density at radius 3 is 2.72 bits per heavy atom. The third-order valence-electron chi connectivity index (χ3n) is 2.57. The third-order valence-corrected chi connectivity index (χ3v) is 2.57. The Bertz CT molecular complexity index is 459. The minimum absolute atomic E-state index is 0.0450. The van der Waals surface area contributed by atoms with Gasteiger partial charge in [-0.1, -0.05) is 13.3 Å². The Kier molecular flexibility index (Phi) is 4.65. The van der Waals surface area contributed by atoms with E-state index in [1.165, 1.54) is 18.2 Å². The zero-order chi connectivity index (χ0) is 13.7. The molecule has 0 amide bonds. The minimum atomic E-state index is -1.10. The summed E-state index contributed by atoms with van der Waals surface area (Å²) in [7, 11) is 0. The maximum Gasteiger partial charge on any atom is 0.337 e. The fourth-order valence-corrected chi connectivity index (χ4v) is 1.72. The Labute approximate surface area is 105 Å². The van der Waals surface area contributed by atoms with Crippen molar-refractivity contribution in [3.63, 3.8) is 0 Å². The van der Waals surface area contributed by atoms with Gasteiger partial charge in [-0.3, -0.25) is 10.1 Å². The van der Waals surface area contributed by atoms with E-state index in [0.717, 1.165) is 12.8 Å². The molecule has 0 spiro atoms. The van der Waals surface area contributed by atoms with Gasteiger partial charge in [0, 0.05) is 18.2 Å². The molecule has 6 heteroatoms. The van der Waals surface area contributed by atoms with E-state index >= 15 is 0 Å². The van der Waals surface area contributed by atoms with Gasteiger partial charge in [-0.2, -0.15) is 0 Å². The van der Waals surface area contributed by atoms with E-state index in [9.17, 15) is 14.9 Å². The zero-order valence-electron chi connectivity index (χ0n) is 10.3. The molecule has 0 fully saturated rings. The average Bonchev–Trinajstić information content (AvgIpc) is 2.28. The summed E-state index contributed by atoms with van der Waals surface area (Å²) in [5.41, 5.74) is 0.215. The van der Waals surface area contributed by atoms with Gasteiger partial charge in [0.15, 0.2) is 0 Å². The van der Waals surface area contributed by atoms with Gasteiger partial charge < -0.3 is 10.4 Å². The predicted octanol–water partition coefficient (Wildman–Crippen LogP) is 2.89. The fraction of sp³-hybridized carbons (Fsp3) is 0.417. The van der Waals surface area contributed by atoms with Crippen molar-refractivity contribution in [2.75, 3.05) is 5.32 Å². The Balaban J connectivity index is 3.07. The molecule has 6 nitrogen and oxygen atoms in total. The molecule has 1 rings (SSSR count). The third kappa shape index (κ3) is 3.44. The van der Waals surface area contributed by atoms with E-state index in [0.29, 0.717) is 0 Å². The Morgan fingerprint density at radius 1 is 1.56 bits per heavy atom. The highest BCUT2D eigenvalue weighted by Gasteiger charge is 2.16. The molecule has 0 radical (unpaired) electrons. The first-order valence-electron chi connectivity index (χ1n) is 5.74. The zero-order valence-corrected chi connectivity index (χ0v) is 10.3. The number of carbonyl (C=O) groups is 1. The number of non-ortho nitro benzene ring substituents is 1. The number of carboxylic acids is 1. The van der Waals surface area contributed by atoms with Gasteiger partial charge in [0.05, 0.1) is 16.2 Å². The second kappa shape index (κ2) is 6.00. The number of nitro benzene ring substituents is 1. The van der Waals surface area contributed by atoms with Crippen LogP contribution in [0.5, 0.6) is 0 Å². The maximum atomic E-state index is 11.0. The van der Waals surface area contributed by atoms with E-state index in [4.69, 9.17) is 5.11 Å². The van der Waals surface area contributed by atoms with Crippen molar-refractivity contribution in [1.82, 2.24) is 0 Å². The first-order chi connectivity index (χ1) is 8.45. The molecular weight excluding hydrogens is 236 g/mol. The van der Waals surface area contributed by atoms with Crippen molar-refractivity contribution in [1.29, 1.82) is 0 Å². The highest BCUT2D eigenvalue weighted by Crippen LogP contribution is 2.23. The van der Waals surface area contributed by atoms with E-state index in [1.807, 2.05) is 13.8 Å². The molecule has 98 valence electrons. The first kappa shape index (κ1) is 14.0. The average molecular weight is 252 g/mol. The number of rotatable bonds is 6. The lowest BCUT2D eigenvalue weighted by atomic mass is 10.1. The predicted molar refractivity (Wildman–Crippen MR) is 68.0 cm³/mol. The van der Waals surface area contributed by atoms with Crippen LogP contribution in [0.25, 0.3) is 0 Å². The summed E-state index contributed by atoms with van der Waals surface area (Å²) in [4.78, 5) is 21.2. The normalized spacial score (nSPS) is 11.9. The van der Waals surface area contributed by atoms with Gasteiger partial charge >= 0.3 is 5.97 Å². The van der Waals surface area contributed by atoms with Crippen LogP contribution in [0, 0.1) is 10.1 Å². The number of benzene rings is 1. The molecule has 0 aromatic heterocycles. The van der Waals surface area contributed by atoms with Gasteiger partial charge in [-0.05, 0) is 19.4 Å². The summed E-state index contributed by atoms with van der Waals surface area (Å²) in [5, 5.41) is 22.7. The number of nitro groups is 1. The van der Waals surface area contributed by atoms with Crippen molar-refractivity contribution in [3.8, 4) is 0 Å². The van der Waals surface area contributed by atoms with Gasteiger partial charge in [0.1, 0.15) is 0 Å². The van der Waals surface area contributed by atoms with E-state index < -0.39 is 10.9 Å². The number of hydrogen-bond acceptors (Lipinski definition) is 4. The molecule has 0 aliphatic carbocycles. The van der Waals surface area contributed by atoms with Crippen molar-refractivity contribution >= 4 is 17.3 Å². The van der Waals surface area contributed by atoms with Crippen LogP contribution in [0.2, 0.25) is 0 Å². The first-order valence-corrected chi connectivity index (χ1v) is 5.74. The van der Waals surface area contributed by atoms with Crippen LogP contribution in [-0.4, -0.2) is 22.0 Å². The molecule has 1 aromatic carbocycles. The largest absolute Gasteiger partial charge is 0.478 e. The lowest BCUT2D eigenvalue weighted by Crippen LogP contribution is -2.17. The molecule has 0 aliphatic rings. The molecule has 1 aromatic rings. The van der Waals surface area contributed by atoms with Crippen molar-refractivity contribution in [3.05, 3.63) is 33.9 Å². The van der Waals surface area contributed by atoms with E-state index in [-0.39, 0.29) is 23.0 Å². The number of anilines is 1. The van der Waals surface area contributed by atoms with Crippen LogP contribution in [0.1, 0.15) is 37.0 Å². The van der Waals surface area contributed by atoms with Crippen LogP contribution < -0.4 is 5.32 Å². The van der Waals surface area contributed by atoms with Gasteiger partial charge in [0.25, 0.3) is 5.69 Å². The molecule has 0 aliphatic heterocycles.